The van der Waals surface area contributed by atoms with E-state index in [1.807, 2.05) is 0 Å². The molecule has 1 fully saturated rings. The Bertz CT molecular complexity index is 1120. The van der Waals surface area contributed by atoms with Crippen LogP contribution in [0.1, 0.15) is 6.42 Å². The highest BCUT2D eigenvalue weighted by Crippen LogP contribution is 2.21. The summed E-state index contributed by atoms with van der Waals surface area (Å²) >= 11 is 5.81. The standard InChI is InChI=1S/C21H23ClN4O6S/c1-33(30,31)13-18(25-20(28)24-16-5-3-14(22)4-6-16)19(27)23-15-7-9-17(10-8-15)26-11-2-12-32-21(26)29/h3-10,18H,2,11-13H2,1H3,(H,23,27)(H2,24,25,28). The van der Waals surface area contributed by atoms with Crippen molar-refractivity contribution in [3.05, 3.63) is 53.6 Å². The summed E-state index contributed by atoms with van der Waals surface area (Å²) in [6, 6.07) is 10.6. The fourth-order valence-corrected chi connectivity index (χ4v) is 4.05. The average molecular weight is 495 g/mol. The van der Waals surface area contributed by atoms with Gasteiger partial charge in [0.15, 0.2) is 0 Å². The van der Waals surface area contributed by atoms with Crippen LogP contribution in [-0.4, -0.2) is 57.7 Å². The molecule has 1 saturated heterocycles. The summed E-state index contributed by atoms with van der Waals surface area (Å²) in [4.78, 5) is 38.4. The molecule has 0 aliphatic carbocycles. The van der Waals surface area contributed by atoms with Crippen molar-refractivity contribution < 1.29 is 27.5 Å². The van der Waals surface area contributed by atoms with Crippen molar-refractivity contribution >= 4 is 56.5 Å². The normalized spacial score (nSPS) is 14.7. The Balaban J connectivity index is 1.66. The van der Waals surface area contributed by atoms with Gasteiger partial charge in [-0.15, -0.1) is 0 Å². The van der Waals surface area contributed by atoms with Crippen molar-refractivity contribution in [3.8, 4) is 0 Å². The van der Waals surface area contributed by atoms with Gasteiger partial charge in [-0.3, -0.25) is 9.69 Å². The van der Waals surface area contributed by atoms with Crippen molar-refractivity contribution in [2.24, 2.45) is 0 Å². The van der Waals surface area contributed by atoms with E-state index in [0.29, 0.717) is 41.7 Å². The van der Waals surface area contributed by atoms with Gasteiger partial charge < -0.3 is 20.7 Å². The fourth-order valence-electron chi connectivity index (χ4n) is 3.08. The highest BCUT2D eigenvalue weighted by Gasteiger charge is 2.26. The lowest BCUT2D eigenvalue weighted by Crippen LogP contribution is -2.49. The average Bonchev–Trinajstić information content (AvgIpc) is 2.75. The van der Waals surface area contributed by atoms with Crippen molar-refractivity contribution in [1.82, 2.24) is 5.32 Å². The molecule has 0 saturated carbocycles. The van der Waals surface area contributed by atoms with Crippen LogP contribution in [0, 0.1) is 0 Å². The van der Waals surface area contributed by atoms with E-state index in [-0.39, 0.29) is 0 Å². The number of cyclic esters (lactones) is 1. The summed E-state index contributed by atoms with van der Waals surface area (Å²) in [6.07, 6.45) is 1.24. The molecular formula is C21H23ClN4O6S. The molecule has 33 heavy (non-hydrogen) atoms. The first-order valence-corrected chi connectivity index (χ1v) is 12.4. The van der Waals surface area contributed by atoms with Crippen LogP contribution in [0.5, 0.6) is 0 Å². The van der Waals surface area contributed by atoms with Crippen LogP contribution in [0.2, 0.25) is 5.02 Å². The molecule has 2 aromatic carbocycles. The third-order valence-electron chi connectivity index (χ3n) is 4.61. The molecule has 176 valence electrons. The molecule has 4 amide bonds. The number of nitrogens with one attached hydrogen (secondary N) is 3. The number of halogens is 1. The van der Waals surface area contributed by atoms with E-state index in [1.54, 1.807) is 48.5 Å². The zero-order valence-corrected chi connectivity index (χ0v) is 19.3. The molecule has 0 spiro atoms. The summed E-state index contributed by atoms with van der Waals surface area (Å²) in [5.74, 6) is -1.30. The third kappa shape index (κ3) is 7.36. The van der Waals surface area contributed by atoms with E-state index in [9.17, 15) is 22.8 Å². The number of urea groups is 1. The molecule has 2 aromatic rings. The summed E-state index contributed by atoms with van der Waals surface area (Å²) in [5.41, 5.74) is 1.39. The minimum atomic E-state index is -3.59. The summed E-state index contributed by atoms with van der Waals surface area (Å²) in [7, 11) is -3.59. The molecular weight excluding hydrogens is 472 g/mol. The summed E-state index contributed by atoms with van der Waals surface area (Å²) < 4.78 is 28.6. The van der Waals surface area contributed by atoms with Crippen LogP contribution in [-0.2, 0) is 19.4 Å². The number of hydrogen-bond donors (Lipinski definition) is 3. The van der Waals surface area contributed by atoms with Crippen LogP contribution in [0.3, 0.4) is 0 Å². The van der Waals surface area contributed by atoms with Crippen molar-refractivity contribution in [2.75, 3.05) is 40.7 Å². The lowest BCUT2D eigenvalue weighted by molar-refractivity contribution is -0.117. The number of carbonyl (C=O) groups is 3. The number of nitrogens with zero attached hydrogens (tertiary/aromatic N) is 1. The maximum Gasteiger partial charge on any atom is 0.414 e. The van der Waals surface area contributed by atoms with Crippen molar-refractivity contribution in [1.29, 1.82) is 0 Å². The Kier molecular flexibility index (Phi) is 7.77. The van der Waals surface area contributed by atoms with Gasteiger partial charge in [-0.05, 0) is 55.0 Å². The molecule has 1 heterocycles. The second kappa shape index (κ2) is 10.5. The number of ether oxygens (including phenoxy) is 1. The van der Waals surface area contributed by atoms with Crippen LogP contribution in [0.15, 0.2) is 48.5 Å². The number of hydrogen-bond acceptors (Lipinski definition) is 6. The zero-order valence-electron chi connectivity index (χ0n) is 17.7. The van der Waals surface area contributed by atoms with Gasteiger partial charge >= 0.3 is 12.1 Å². The second-order valence-electron chi connectivity index (χ2n) is 7.41. The Labute approximate surface area is 196 Å². The maximum absolute atomic E-state index is 12.7. The molecule has 1 aliphatic heterocycles. The van der Waals surface area contributed by atoms with Gasteiger partial charge in [-0.1, -0.05) is 11.6 Å². The topological polar surface area (TPSA) is 134 Å². The van der Waals surface area contributed by atoms with Gasteiger partial charge in [0, 0.05) is 34.9 Å². The number of carbonyl (C=O) groups excluding carboxylic acids is 3. The maximum atomic E-state index is 12.7. The Morgan fingerprint density at radius 1 is 1.06 bits per heavy atom. The summed E-state index contributed by atoms with van der Waals surface area (Å²) in [5, 5.41) is 7.97. The molecule has 1 unspecified atom stereocenters. The van der Waals surface area contributed by atoms with Crippen molar-refractivity contribution in [3.63, 3.8) is 0 Å². The van der Waals surface area contributed by atoms with E-state index in [1.165, 1.54) is 4.90 Å². The first kappa shape index (κ1) is 24.3. The fraction of sp³-hybridized carbons (Fsp3) is 0.286. The van der Waals surface area contributed by atoms with Gasteiger partial charge in [-0.25, -0.2) is 18.0 Å². The molecule has 0 aromatic heterocycles. The first-order valence-electron chi connectivity index (χ1n) is 9.97. The third-order valence-corrected chi connectivity index (χ3v) is 5.80. The molecule has 3 rings (SSSR count). The SMILES string of the molecule is CS(=O)(=O)CC(NC(=O)Nc1ccc(Cl)cc1)C(=O)Nc1ccc(N2CCCOC2=O)cc1. The Morgan fingerprint density at radius 2 is 1.67 bits per heavy atom. The van der Waals surface area contributed by atoms with E-state index in [4.69, 9.17) is 16.3 Å². The molecule has 12 heteroatoms. The molecule has 0 bridgehead atoms. The molecule has 1 aliphatic rings. The number of benzene rings is 2. The van der Waals surface area contributed by atoms with Gasteiger partial charge in [0.1, 0.15) is 15.9 Å². The molecule has 0 radical (unpaired) electrons. The minimum Gasteiger partial charge on any atom is -0.449 e. The molecule has 3 N–H and O–H groups in total. The van der Waals surface area contributed by atoms with Gasteiger partial charge in [0.2, 0.25) is 5.91 Å². The van der Waals surface area contributed by atoms with Crippen LogP contribution >= 0.6 is 11.6 Å². The number of amides is 4. The highest BCUT2D eigenvalue weighted by molar-refractivity contribution is 7.90. The van der Waals surface area contributed by atoms with Crippen LogP contribution in [0.25, 0.3) is 0 Å². The van der Waals surface area contributed by atoms with Crippen molar-refractivity contribution in [2.45, 2.75) is 12.5 Å². The highest BCUT2D eigenvalue weighted by atomic mass is 35.5. The minimum absolute atomic E-state index is 0.368. The second-order valence-corrected chi connectivity index (χ2v) is 10.0. The lowest BCUT2D eigenvalue weighted by atomic mass is 10.2. The summed E-state index contributed by atoms with van der Waals surface area (Å²) in [6.45, 7) is 0.900. The predicted octanol–water partition coefficient (Wildman–Crippen LogP) is 2.86. The Hall–Kier alpha value is -3.31. The number of anilines is 3. The first-order chi connectivity index (χ1) is 15.6. The predicted molar refractivity (Wildman–Crippen MR) is 125 cm³/mol. The van der Waals surface area contributed by atoms with Gasteiger partial charge in [-0.2, -0.15) is 0 Å². The zero-order chi connectivity index (χ0) is 24.0. The van der Waals surface area contributed by atoms with E-state index < -0.39 is 39.7 Å². The van der Waals surface area contributed by atoms with E-state index in [2.05, 4.69) is 16.0 Å². The number of rotatable bonds is 7. The monoisotopic (exact) mass is 494 g/mol. The van der Waals surface area contributed by atoms with Gasteiger partial charge in [0.25, 0.3) is 0 Å². The van der Waals surface area contributed by atoms with E-state index >= 15 is 0 Å². The molecule has 10 nitrogen and oxygen atoms in total. The quantitative estimate of drug-likeness (QED) is 0.542. The van der Waals surface area contributed by atoms with Gasteiger partial charge in [0.05, 0.1) is 12.4 Å². The van der Waals surface area contributed by atoms with Crippen LogP contribution < -0.4 is 20.9 Å². The van der Waals surface area contributed by atoms with E-state index in [0.717, 1.165) is 6.26 Å². The largest absolute Gasteiger partial charge is 0.449 e. The molecule has 1 atom stereocenters. The smallest absolute Gasteiger partial charge is 0.414 e. The van der Waals surface area contributed by atoms with Crippen LogP contribution in [0.4, 0.5) is 26.7 Å². The number of sulfone groups is 1. The lowest BCUT2D eigenvalue weighted by Gasteiger charge is -2.26. The Morgan fingerprint density at radius 3 is 2.27 bits per heavy atom.